The normalized spacial score (nSPS) is 18.0. The van der Waals surface area contributed by atoms with Crippen LogP contribution in [-0.2, 0) is 15.0 Å². The van der Waals surface area contributed by atoms with E-state index in [0.29, 0.717) is 34.7 Å². The number of amides is 2. The van der Waals surface area contributed by atoms with Crippen LogP contribution in [-0.4, -0.2) is 59.8 Å². The second-order valence-electron chi connectivity index (χ2n) is 9.43. The van der Waals surface area contributed by atoms with E-state index in [4.69, 9.17) is 11.6 Å². The summed E-state index contributed by atoms with van der Waals surface area (Å²) in [6.07, 6.45) is -0.210. The maximum absolute atomic E-state index is 13.2. The minimum absolute atomic E-state index is 0.0187. The van der Waals surface area contributed by atoms with Crippen LogP contribution in [0.2, 0.25) is 5.02 Å². The van der Waals surface area contributed by atoms with E-state index in [9.17, 15) is 34.2 Å². The van der Waals surface area contributed by atoms with Gasteiger partial charge in [0.15, 0.2) is 5.96 Å². The summed E-state index contributed by atoms with van der Waals surface area (Å²) >= 11 is 6.24. The number of alkyl halides is 1. The van der Waals surface area contributed by atoms with Crippen molar-refractivity contribution in [3.8, 4) is 11.8 Å². The molecule has 0 radical (unpaired) electrons. The minimum atomic E-state index is -1.16. The van der Waals surface area contributed by atoms with Gasteiger partial charge in [-0.2, -0.15) is 5.26 Å². The molecule has 2 atom stereocenters. The number of nitrogens with zero attached hydrogens (tertiary/aromatic N) is 2. The van der Waals surface area contributed by atoms with Gasteiger partial charge in [-0.25, -0.2) is 9.38 Å². The molecule has 2 aliphatic rings. The fourth-order valence-corrected chi connectivity index (χ4v) is 4.41. The highest BCUT2D eigenvalue weighted by atomic mass is 35.5. The van der Waals surface area contributed by atoms with E-state index in [1.807, 2.05) is 0 Å². The monoisotopic (exact) mass is 556 g/mol. The number of hydrogen-bond acceptors (Lipinski definition) is 8. The van der Waals surface area contributed by atoms with Gasteiger partial charge in [0.25, 0.3) is 5.91 Å². The summed E-state index contributed by atoms with van der Waals surface area (Å²) in [4.78, 5) is 40.9. The Balaban J connectivity index is 1.41. The van der Waals surface area contributed by atoms with Crippen molar-refractivity contribution < 1.29 is 29.0 Å². The molecule has 0 aromatic heterocycles. The molecular weight excluding hydrogens is 531 g/mol. The number of anilines is 1. The highest BCUT2D eigenvalue weighted by Crippen LogP contribution is 2.48. The van der Waals surface area contributed by atoms with Gasteiger partial charge in [0.2, 0.25) is 5.91 Å². The molecule has 1 aliphatic heterocycles. The summed E-state index contributed by atoms with van der Waals surface area (Å²) in [5.41, 5.74) is 0.797. The van der Waals surface area contributed by atoms with Gasteiger partial charge in [0.1, 0.15) is 11.9 Å². The van der Waals surface area contributed by atoms with E-state index in [0.717, 1.165) is 0 Å². The van der Waals surface area contributed by atoms with E-state index in [1.54, 1.807) is 12.1 Å². The van der Waals surface area contributed by atoms with Crippen LogP contribution >= 0.6 is 11.6 Å². The van der Waals surface area contributed by atoms with Crippen molar-refractivity contribution in [1.82, 2.24) is 16.0 Å². The number of rotatable bonds is 9. The largest absolute Gasteiger partial charge is 0.508 e. The number of phenolic OH excluding ortho intramolecular Hbond substituents is 1. The summed E-state index contributed by atoms with van der Waals surface area (Å²) in [6.45, 7) is -0.421. The first-order chi connectivity index (χ1) is 18.6. The molecule has 1 fully saturated rings. The Bertz CT molecular complexity index is 1370. The second-order valence-corrected chi connectivity index (χ2v) is 9.87. The first kappa shape index (κ1) is 27.7. The Hall–Kier alpha value is -4.37. The average molecular weight is 557 g/mol. The van der Waals surface area contributed by atoms with E-state index >= 15 is 0 Å². The lowest BCUT2D eigenvalue weighted by molar-refractivity contribution is -0.137. The molecule has 2 unspecified atom stereocenters. The van der Waals surface area contributed by atoms with E-state index in [2.05, 4.69) is 32.3 Å². The second kappa shape index (κ2) is 11.6. The maximum atomic E-state index is 13.2. The highest BCUT2D eigenvalue weighted by Gasteiger charge is 2.45. The van der Waals surface area contributed by atoms with Crippen molar-refractivity contribution in [2.24, 2.45) is 4.99 Å². The fourth-order valence-electron chi connectivity index (χ4n) is 4.17. The zero-order chi connectivity index (χ0) is 28.2. The van der Waals surface area contributed by atoms with Crippen molar-refractivity contribution in [2.45, 2.75) is 36.9 Å². The zero-order valence-electron chi connectivity index (χ0n) is 20.6. The van der Waals surface area contributed by atoms with Gasteiger partial charge in [-0.1, -0.05) is 17.7 Å². The van der Waals surface area contributed by atoms with Gasteiger partial charge in [-0.05, 0) is 48.2 Å². The summed E-state index contributed by atoms with van der Waals surface area (Å²) in [7, 11) is 0. The van der Waals surface area contributed by atoms with E-state index < -0.39 is 48.4 Å². The summed E-state index contributed by atoms with van der Waals surface area (Å²) < 4.78 is 13.2. The molecule has 0 saturated heterocycles. The van der Waals surface area contributed by atoms with Gasteiger partial charge < -0.3 is 31.5 Å². The van der Waals surface area contributed by atoms with Crippen molar-refractivity contribution >= 4 is 41.0 Å². The maximum Gasteiger partial charge on any atom is 0.305 e. The SMILES string of the molecule is N#CC1(c2cc(Cl)cc(C(CC(=O)O)NC(=O)CNC(=O)c3cc(O)cc(NC4=NCC(F)CN4)c3)c2)CC1. The smallest absolute Gasteiger partial charge is 0.305 e. The molecule has 1 saturated carbocycles. The number of aliphatic carboxylic acids is 1. The number of carbonyl (C=O) groups is 3. The molecule has 1 heterocycles. The fraction of sp³-hybridized carbons (Fsp3) is 0.346. The molecule has 0 bridgehead atoms. The number of benzene rings is 2. The van der Waals surface area contributed by atoms with Crippen molar-refractivity contribution in [3.05, 3.63) is 58.1 Å². The zero-order valence-corrected chi connectivity index (χ0v) is 21.4. The van der Waals surface area contributed by atoms with Gasteiger partial charge in [-0.3, -0.25) is 14.4 Å². The quantitative estimate of drug-likeness (QED) is 0.273. The third-order valence-electron chi connectivity index (χ3n) is 6.34. The number of guanidine groups is 1. The van der Waals surface area contributed by atoms with Crippen LogP contribution in [0.1, 0.15) is 46.8 Å². The number of hydrogen-bond donors (Lipinski definition) is 6. The minimum Gasteiger partial charge on any atom is -0.508 e. The molecule has 1 aliphatic carbocycles. The predicted molar refractivity (Wildman–Crippen MR) is 140 cm³/mol. The lowest BCUT2D eigenvalue weighted by atomic mass is 9.93. The Kier molecular flexibility index (Phi) is 8.21. The van der Waals surface area contributed by atoms with Crippen LogP contribution < -0.4 is 21.3 Å². The highest BCUT2D eigenvalue weighted by molar-refractivity contribution is 6.30. The number of nitriles is 1. The molecule has 11 nitrogen and oxygen atoms in total. The Morgan fingerprint density at radius 3 is 2.64 bits per heavy atom. The van der Waals surface area contributed by atoms with Crippen LogP contribution in [0.3, 0.4) is 0 Å². The molecule has 6 N–H and O–H groups in total. The summed E-state index contributed by atoms with van der Waals surface area (Å²) in [6, 6.07) is 10.2. The lowest BCUT2D eigenvalue weighted by Crippen LogP contribution is -2.41. The molecule has 2 aromatic carbocycles. The Morgan fingerprint density at radius 2 is 2.00 bits per heavy atom. The Labute approximate surface area is 228 Å². The molecule has 39 heavy (non-hydrogen) atoms. The summed E-state index contributed by atoms with van der Waals surface area (Å²) in [5.74, 6) is -2.42. The standard InChI is InChI=1S/C26H26ClFN6O5/c27-17-4-14(3-16(7-17)26(13-29)1-2-26)21(9-23(37)38)34-22(36)12-30-24(39)15-5-19(8-20(35)6-15)33-25-31-10-18(28)11-32-25/h3-8,18,21,35H,1-2,9-12H2,(H,30,39)(H,34,36)(H,37,38)(H2,31,32,33). The molecule has 4 rings (SSSR count). The number of aromatic hydroxyl groups is 1. The molecule has 2 aromatic rings. The number of carboxylic acid groups (broad SMARTS) is 1. The van der Waals surface area contributed by atoms with Crippen LogP contribution in [0, 0.1) is 11.3 Å². The molecule has 2 amide bonds. The van der Waals surface area contributed by atoms with Gasteiger partial charge in [0.05, 0.1) is 43.6 Å². The molecular formula is C26H26ClFN6O5. The van der Waals surface area contributed by atoms with Crippen LogP contribution in [0.15, 0.2) is 41.4 Å². The predicted octanol–water partition coefficient (Wildman–Crippen LogP) is 2.37. The van der Waals surface area contributed by atoms with E-state index in [-0.39, 0.29) is 30.4 Å². The van der Waals surface area contributed by atoms with Crippen LogP contribution in [0.5, 0.6) is 5.75 Å². The number of carboxylic acids is 1. The third kappa shape index (κ3) is 7.14. The van der Waals surface area contributed by atoms with Crippen molar-refractivity contribution in [3.63, 3.8) is 0 Å². The molecule has 13 heteroatoms. The number of phenols is 1. The van der Waals surface area contributed by atoms with Gasteiger partial charge in [-0.15, -0.1) is 0 Å². The van der Waals surface area contributed by atoms with Gasteiger partial charge in [0, 0.05) is 22.3 Å². The van der Waals surface area contributed by atoms with Crippen molar-refractivity contribution in [2.75, 3.05) is 25.0 Å². The van der Waals surface area contributed by atoms with E-state index in [1.165, 1.54) is 24.3 Å². The summed E-state index contributed by atoms with van der Waals surface area (Å²) in [5, 5.41) is 39.9. The Morgan fingerprint density at radius 1 is 1.23 bits per heavy atom. The molecule has 0 spiro atoms. The number of halogens is 2. The number of nitrogens with one attached hydrogen (secondary N) is 4. The first-order valence-electron chi connectivity index (χ1n) is 12.1. The lowest BCUT2D eigenvalue weighted by Gasteiger charge is -2.20. The van der Waals surface area contributed by atoms with Crippen LogP contribution in [0.4, 0.5) is 10.1 Å². The van der Waals surface area contributed by atoms with Gasteiger partial charge >= 0.3 is 5.97 Å². The number of carbonyl (C=O) groups excluding carboxylic acids is 2. The average Bonchev–Trinajstić information content (AvgIpc) is 3.69. The third-order valence-corrected chi connectivity index (χ3v) is 6.56. The van der Waals surface area contributed by atoms with Crippen LogP contribution in [0.25, 0.3) is 0 Å². The number of aliphatic imine (C=N–C) groups is 1. The topological polar surface area (TPSA) is 176 Å². The first-order valence-corrected chi connectivity index (χ1v) is 12.5. The molecule has 204 valence electrons. The van der Waals surface area contributed by atoms with Crippen molar-refractivity contribution in [1.29, 1.82) is 5.26 Å².